The van der Waals surface area contributed by atoms with Crippen LogP contribution in [0.3, 0.4) is 0 Å². The Labute approximate surface area is 180 Å². The van der Waals surface area contributed by atoms with Gasteiger partial charge in [0.1, 0.15) is 6.10 Å². The molecule has 0 aliphatic carbocycles. The number of ether oxygens (including phenoxy) is 1. The molecule has 0 aromatic heterocycles. The minimum atomic E-state index is -3.61. The monoisotopic (exact) mass is 438 g/mol. The van der Waals surface area contributed by atoms with E-state index in [2.05, 4.69) is 22.0 Å². The number of rotatable bonds is 8. The molecule has 30 heavy (non-hydrogen) atoms. The lowest BCUT2D eigenvalue weighted by molar-refractivity contribution is -0.124. The molecule has 1 aromatic rings. The number of carbonyl (C=O) groups is 1. The van der Waals surface area contributed by atoms with E-state index in [9.17, 15) is 13.2 Å². The van der Waals surface area contributed by atoms with Gasteiger partial charge in [0.05, 0.1) is 16.3 Å². The van der Waals surface area contributed by atoms with E-state index in [1.165, 1.54) is 4.31 Å². The summed E-state index contributed by atoms with van der Waals surface area (Å²) in [6.07, 6.45) is 1.08. The third kappa shape index (κ3) is 4.96. The first kappa shape index (κ1) is 23.0. The zero-order chi connectivity index (χ0) is 21.7. The van der Waals surface area contributed by atoms with Gasteiger partial charge in [0.15, 0.2) is 0 Å². The van der Waals surface area contributed by atoms with Gasteiger partial charge in [-0.2, -0.15) is 4.31 Å². The van der Waals surface area contributed by atoms with Crippen molar-refractivity contribution in [3.05, 3.63) is 18.2 Å². The first-order valence-corrected chi connectivity index (χ1v) is 12.4. The van der Waals surface area contributed by atoms with Gasteiger partial charge in [-0.1, -0.05) is 20.8 Å². The Morgan fingerprint density at radius 1 is 1.17 bits per heavy atom. The van der Waals surface area contributed by atoms with Crippen molar-refractivity contribution in [2.75, 3.05) is 62.6 Å². The molecule has 1 amide bonds. The molecule has 9 heteroatoms. The molecule has 2 fully saturated rings. The van der Waals surface area contributed by atoms with Crippen molar-refractivity contribution in [3.63, 3.8) is 0 Å². The Morgan fingerprint density at radius 3 is 2.43 bits per heavy atom. The summed E-state index contributed by atoms with van der Waals surface area (Å²) in [6.45, 7) is 11.7. The fourth-order valence-electron chi connectivity index (χ4n) is 4.07. The summed E-state index contributed by atoms with van der Waals surface area (Å²) < 4.78 is 33.0. The normalized spacial score (nSPS) is 20.7. The van der Waals surface area contributed by atoms with Gasteiger partial charge in [-0.05, 0) is 37.6 Å². The van der Waals surface area contributed by atoms with Gasteiger partial charge >= 0.3 is 0 Å². The molecular formula is C21H34N4O4S. The van der Waals surface area contributed by atoms with Crippen LogP contribution in [0.15, 0.2) is 23.1 Å². The largest absolute Gasteiger partial charge is 0.368 e. The SMILES string of the molecule is CCN1CCN(c2ccc(S(=O)(=O)N(CC)CC)cc2NC(=O)C2CCCO2)CC1. The molecule has 0 radical (unpaired) electrons. The van der Waals surface area contributed by atoms with E-state index in [1.54, 1.807) is 12.1 Å². The third-order valence-corrected chi connectivity index (χ3v) is 8.00. The summed E-state index contributed by atoms with van der Waals surface area (Å²) in [6, 6.07) is 5.07. The van der Waals surface area contributed by atoms with E-state index >= 15 is 0 Å². The predicted octanol–water partition coefficient (Wildman–Crippen LogP) is 1.98. The number of hydrogen-bond donors (Lipinski definition) is 1. The second kappa shape index (κ2) is 10.1. The number of piperazine rings is 1. The Morgan fingerprint density at radius 2 is 1.87 bits per heavy atom. The third-order valence-electron chi connectivity index (χ3n) is 5.95. The first-order valence-electron chi connectivity index (χ1n) is 10.9. The van der Waals surface area contributed by atoms with Crippen LogP contribution in [0.5, 0.6) is 0 Å². The van der Waals surface area contributed by atoms with E-state index < -0.39 is 16.1 Å². The lowest BCUT2D eigenvalue weighted by Crippen LogP contribution is -2.46. The van der Waals surface area contributed by atoms with Crippen LogP contribution in [0, 0.1) is 0 Å². The number of benzene rings is 1. The van der Waals surface area contributed by atoms with Crippen LogP contribution in [0.2, 0.25) is 0 Å². The van der Waals surface area contributed by atoms with Crippen molar-refractivity contribution < 1.29 is 17.9 Å². The van der Waals surface area contributed by atoms with Gasteiger partial charge in [-0.3, -0.25) is 4.79 Å². The predicted molar refractivity (Wildman–Crippen MR) is 118 cm³/mol. The highest BCUT2D eigenvalue weighted by molar-refractivity contribution is 7.89. The first-order chi connectivity index (χ1) is 14.4. The average molecular weight is 439 g/mol. The fraction of sp³-hybridized carbons (Fsp3) is 0.667. The summed E-state index contributed by atoms with van der Waals surface area (Å²) in [5, 5.41) is 2.96. The molecule has 8 nitrogen and oxygen atoms in total. The lowest BCUT2D eigenvalue weighted by atomic mass is 10.2. The number of likely N-dealkylation sites (N-methyl/N-ethyl adjacent to an activating group) is 1. The van der Waals surface area contributed by atoms with E-state index in [0.29, 0.717) is 31.8 Å². The zero-order valence-electron chi connectivity index (χ0n) is 18.3. The number of nitrogens with one attached hydrogen (secondary N) is 1. The highest BCUT2D eigenvalue weighted by atomic mass is 32.2. The summed E-state index contributed by atoms with van der Waals surface area (Å²) in [7, 11) is -3.61. The van der Waals surface area contributed by atoms with Gasteiger partial charge in [-0.25, -0.2) is 8.42 Å². The van der Waals surface area contributed by atoms with Gasteiger partial charge in [-0.15, -0.1) is 0 Å². The molecule has 0 bridgehead atoms. The van der Waals surface area contributed by atoms with Crippen molar-refractivity contribution in [3.8, 4) is 0 Å². The molecular weight excluding hydrogens is 404 g/mol. The zero-order valence-corrected chi connectivity index (χ0v) is 19.1. The topological polar surface area (TPSA) is 82.2 Å². The van der Waals surface area contributed by atoms with Crippen LogP contribution < -0.4 is 10.2 Å². The molecule has 1 aromatic carbocycles. The second-order valence-electron chi connectivity index (χ2n) is 7.68. The molecule has 0 spiro atoms. The summed E-state index contributed by atoms with van der Waals surface area (Å²) >= 11 is 0. The number of sulfonamides is 1. The van der Waals surface area contributed by atoms with E-state index in [-0.39, 0.29) is 10.8 Å². The molecule has 2 aliphatic heterocycles. The average Bonchev–Trinajstić information content (AvgIpc) is 3.29. The number of carbonyl (C=O) groups excluding carboxylic acids is 1. The number of hydrogen-bond acceptors (Lipinski definition) is 6. The van der Waals surface area contributed by atoms with Gasteiger partial charge < -0.3 is 19.9 Å². The van der Waals surface area contributed by atoms with Crippen molar-refractivity contribution >= 4 is 27.3 Å². The molecule has 1 unspecified atom stereocenters. The summed E-state index contributed by atoms with van der Waals surface area (Å²) in [4.78, 5) is 17.5. The van der Waals surface area contributed by atoms with Crippen LogP contribution in [-0.2, 0) is 19.6 Å². The van der Waals surface area contributed by atoms with Crippen LogP contribution in [0.25, 0.3) is 0 Å². The van der Waals surface area contributed by atoms with Crippen LogP contribution in [-0.4, -0.2) is 82.1 Å². The van der Waals surface area contributed by atoms with Crippen molar-refractivity contribution in [1.82, 2.24) is 9.21 Å². The van der Waals surface area contributed by atoms with Gasteiger partial charge in [0, 0.05) is 45.9 Å². The maximum absolute atomic E-state index is 13.0. The Kier molecular flexibility index (Phi) is 7.73. The number of anilines is 2. The molecule has 2 heterocycles. The molecule has 1 N–H and O–H groups in total. The Balaban J connectivity index is 1.92. The van der Waals surface area contributed by atoms with Crippen molar-refractivity contribution in [1.29, 1.82) is 0 Å². The van der Waals surface area contributed by atoms with Gasteiger partial charge in [0.25, 0.3) is 5.91 Å². The minimum Gasteiger partial charge on any atom is -0.368 e. The molecule has 3 rings (SSSR count). The fourth-order valence-corrected chi connectivity index (χ4v) is 5.55. The minimum absolute atomic E-state index is 0.199. The second-order valence-corrected chi connectivity index (χ2v) is 9.62. The van der Waals surface area contributed by atoms with Crippen LogP contribution in [0.4, 0.5) is 11.4 Å². The van der Waals surface area contributed by atoms with Crippen molar-refractivity contribution in [2.45, 2.75) is 44.6 Å². The van der Waals surface area contributed by atoms with E-state index in [4.69, 9.17) is 4.74 Å². The summed E-state index contributed by atoms with van der Waals surface area (Å²) in [5.74, 6) is -0.210. The lowest BCUT2D eigenvalue weighted by Gasteiger charge is -2.36. The highest BCUT2D eigenvalue weighted by Crippen LogP contribution is 2.31. The number of nitrogens with zero attached hydrogens (tertiary/aromatic N) is 3. The molecule has 2 saturated heterocycles. The maximum Gasteiger partial charge on any atom is 0.253 e. The van der Waals surface area contributed by atoms with Gasteiger partial charge in [0.2, 0.25) is 10.0 Å². The Bertz CT molecular complexity index is 827. The summed E-state index contributed by atoms with van der Waals surface area (Å²) in [5.41, 5.74) is 1.39. The van der Waals surface area contributed by atoms with E-state index in [1.807, 2.05) is 19.9 Å². The Hall–Kier alpha value is -1.68. The van der Waals surface area contributed by atoms with E-state index in [0.717, 1.165) is 44.8 Å². The highest BCUT2D eigenvalue weighted by Gasteiger charge is 2.28. The molecule has 168 valence electrons. The smallest absolute Gasteiger partial charge is 0.253 e. The quantitative estimate of drug-likeness (QED) is 0.668. The standard InChI is InChI=1S/C21H34N4O4S/c1-4-23-11-13-24(14-12-23)19-10-9-17(30(27,28)25(5-2)6-3)16-18(19)22-21(26)20-8-7-15-29-20/h9-10,16,20H,4-8,11-15H2,1-3H3,(H,22,26). The molecule has 0 saturated carbocycles. The van der Waals surface area contributed by atoms with Crippen LogP contribution in [0.1, 0.15) is 33.6 Å². The maximum atomic E-state index is 13.0. The molecule has 1 atom stereocenters. The number of amides is 1. The molecule has 2 aliphatic rings. The van der Waals surface area contributed by atoms with Crippen LogP contribution >= 0.6 is 0 Å². The van der Waals surface area contributed by atoms with Crippen molar-refractivity contribution in [2.24, 2.45) is 0 Å².